The van der Waals surface area contributed by atoms with Gasteiger partial charge >= 0.3 is 0 Å². The summed E-state index contributed by atoms with van der Waals surface area (Å²) in [5, 5.41) is 0. The maximum absolute atomic E-state index is 5.42. The molecule has 0 fully saturated rings. The van der Waals surface area contributed by atoms with Gasteiger partial charge in [0.2, 0.25) is 0 Å². The maximum atomic E-state index is 5.42. The summed E-state index contributed by atoms with van der Waals surface area (Å²) in [5.41, 5.74) is 4.22. The third kappa shape index (κ3) is 2.39. The molecule has 1 rings (SSSR count). The largest absolute Gasteiger partial charge is 0.0933 e. The number of allylic oxidation sites excluding steroid dienone is 1. The third-order valence-electron chi connectivity index (χ3n) is 1.69. The number of halogens is 1. The van der Waals surface area contributed by atoms with E-state index in [1.54, 1.807) is 5.54 Å². The minimum atomic E-state index is 0.927. The monoisotopic (exact) mass is 166 g/mol. The molecule has 0 aliphatic rings. The molecule has 0 unspecified atom stereocenters. The van der Waals surface area contributed by atoms with Crippen LogP contribution in [0.4, 0.5) is 0 Å². The first-order valence-electron chi connectivity index (χ1n) is 3.64. The van der Waals surface area contributed by atoms with Gasteiger partial charge in [-0.1, -0.05) is 41.9 Å². The van der Waals surface area contributed by atoms with E-state index in [2.05, 4.69) is 19.1 Å². The van der Waals surface area contributed by atoms with Gasteiger partial charge < -0.3 is 0 Å². The molecule has 0 heterocycles. The van der Waals surface area contributed by atoms with Crippen molar-refractivity contribution in [2.24, 2.45) is 0 Å². The van der Waals surface area contributed by atoms with E-state index in [1.165, 1.54) is 11.1 Å². The van der Waals surface area contributed by atoms with Crippen molar-refractivity contribution in [3.63, 3.8) is 0 Å². The van der Waals surface area contributed by atoms with Gasteiger partial charge in [0.25, 0.3) is 0 Å². The Labute approximate surface area is 72.5 Å². The minimum absolute atomic E-state index is 0.927. The van der Waals surface area contributed by atoms with Crippen LogP contribution < -0.4 is 0 Å². The fourth-order valence-electron chi connectivity index (χ4n) is 1.01. The predicted molar refractivity (Wildman–Crippen MR) is 49.9 cm³/mol. The predicted octanol–water partition coefficient (Wildman–Crippen LogP) is 3.29. The Morgan fingerprint density at radius 1 is 1.36 bits per heavy atom. The van der Waals surface area contributed by atoms with E-state index >= 15 is 0 Å². The molecule has 1 aromatic rings. The van der Waals surface area contributed by atoms with Gasteiger partial charge in [0.1, 0.15) is 0 Å². The van der Waals surface area contributed by atoms with Gasteiger partial charge in [-0.2, -0.15) is 0 Å². The summed E-state index contributed by atoms with van der Waals surface area (Å²) in [7, 11) is 0. The molecular weight excluding hydrogens is 156 g/mol. The second-order valence-electron chi connectivity index (χ2n) is 2.49. The first-order valence-corrected chi connectivity index (χ1v) is 4.08. The standard InChI is InChI=1S/C10H11Cl/c1-9-5-2-3-6-10(9)7-4-8-11/h2-6,8H,7H2,1H3. The lowest BCUT2D eigenvalue weighted by Gasteiger charge is -1.99. The summed E-state index contributed by atoms with van der Waals surface area (Å²) in [6.07, 6.45) is 2.88. The van der Waals surface area contributed by atoms with E-state index in [9.17, 15) is 0 Å². The van der Waals surface area contributed by atoms with Crippen LogP contribution in [0.15, 0.2) is 35.9 Å². The Balaban J connectivity index is 2.77. The van der Waals surface area contributed by atoms with Crippen molar-refractivity contribution < 1.29 is 0 Å². The number of hydrogen-bond acceptors (Lipinski definition) is 0. The SMILES string of the molecule is Cc1ccccc1CC=CCl. The van der Waals surface area contributed by atoms with E-state index in [4.69, 9.17) is 11.6 Å². The van der Waals surface area contributed by atoms with E-state index < -0.39 is 0 Å². The molecule has 1 heteroatoms. The van der Waals surface area contributed by atoms with E-state index in [0.29, 0.717) is 0 Å². The van der Waals surface area contributed by atoms with E-state index in [1.807, 2.05) is 18.2 Å². The molecule has 11 heavy (non-hydrogen) atoms. The summed E-state index contributed by atoms with van der Waals surface area (Å²) in [6.45, 7) is 2.11. The molecule has 0 saturated heterocycles. The van der Waals surface area contributed by atoms with Crippen LogP contribution >= 0.6 is 11.6 Å². The molecule has 0 atom stereocenters. The molecule has 0 bridgehead atoms. The van der Waals surface area contributed by atoms with Crippen LogP contribution in [0.25, 0.3) is 0 Å². The van der Waals surface area contributed by atoms with Gasteiger partial charge in [0.15, 0.2) is 0 Å². The van der Waals surface area contributed by atoms with Gasteiger partial charge in [-0.25, -0.2) is 0 Å². The van der Waals surface area contributed by atoms with Crippen LogP contribution in [0.5, 0.6) is 0 Å². The van der Waals surface area contributed by atoms with Gasteiger partial charge in [0.05, 0.1) is 0 Å². The molecule has 0 amide bonds. The number of rotatable bonds is 2. The smallest absolute Gasteiger partial charge is 0.000580 e. The zero-order valence-corrected chi connectivity index (χ0v) is 7.31. The van der Waals surface area contributed by atoms with Crippen LogP contribution in [0.1, 0.15) is 11.1 Å². The molecule has 58 valence electrons. The second-order valence-corrected chi connectivity index (χ2v) is 2.74. The highest BCUT2D eigenvalue weighted by atomic mass is 35.5. The number of hydrogen-bond donors (Lipinski definition) is 0. The molecule has 0 radical (unpaired) electrons. The molecule has 0 aromatic heterocycles. The molecular formula is C10H11Cl. The second kappa shape index (κ2) is 4.20. The van der Waals surface area contributed by atoms with Crippen LogP contribution in [0.3, 0.4) is 0 Å². The van der Waals surface area contributed by atoms with Gasteiger partial charge in [-0.15, -0.1) is 0 Å². The van der Waals surface area contributed by atoms with Crippen molar-refractivity contribution in [2.75, 3.05) is 0 Å². The Morgan fingerprint density at radius 2 is 2.09 bits per heavy atom. The summed E-state index contributed by atoms with van der Waals surface area (Å²) in [5.74, 6) is 0. The molecule has 0 N–H and O–H groups in total. The molecule has 0 aliphatic heterocycles. The quantitative estimate of drug-likeness (QED) is 0.633. The van der Waals surface area contributed by atoms with Crippen molar-refractivity contribution in [3.8, 4) is 0 Å². The molecule has 0 spiro atoms. The highest BCUT2D eigenvalue weighted by molar-refractivity contribution is 6.25. The molecule has 0 nitrogen and oxygen atoms in total. The molecule has 0 saturated carbocycles. The first kappa shape index (κ1) is 8.35. The van der Waals surface area contributed by atoms with Crippen LogP contribution in [0.2, 0.25) is 0 Å². The number of benzene rings is 1. The molecule has 1 aromatic carbocycles. The Bertz CT molecular complexity index is 251. The minimum Gasteiger partial charge on any atom is -0.0933 e. The number of aryl methyl sites for hydroxylation is 1. The average Bonchev–Trinajstić information content (AvgIpc) is 2.03. The van der Waals surface area contributed by atoms with Gasteiger partial charge in [0, 0.05) is 5.54 Å². The first-order chi connectivity index (χ1) is 5.34. The Hall–Kier alpha value is -0.750. The van der Waals surface area contributed by atoms with Crippen LogP contribution in [-0.2, 0) is 6.42 Å². The lowest BCUT2D eigenvalue weighted by atomic mass is 10.1. The Morgan fingerprint density at radius 3 is 2.73 bits per heavy atom. The summed E-state index contributed by atoms with van der Waals surface area (Å²) in [6, 6.07) is 8.32. The van der Waals surface area contributed by atoms with Crippen molar-refractivity contribution in [3.05, 3.63) is 47.0 Å². The lowest BCUT2D eigenvalue weighted by molar-refractivity contribution is 1.22. The van der Waals surface area contributed by atoms with Crippen LogP contribution in [0, 0.1) is 6.92 Å². The molecule has 0 aliphatic carbocycles. The fraction of sp³-hybridized carbons (Fsp3) is 0.200. The third-order valence-corrected chi connectivity index (χ3v) is 1.87. The van der Waals surface area contributed by atoms with Gasteiger partial charge in [-0.05, 0) is 24.5 Å². The maximum Gasteiger partial charge on any atom is 0.000580 e. The summed E-state index contributed by atoms with van der Waals surface area (Å²) >= 11 is 5.42. The van der Waals surface area contributed by atoms with Gasteiger partial charge in [-0.3, -0.25) is 0 Å². The summed E-state index contributed by atoms with van der Waals surface area (Å²) in [4.78, 5) is 0. The zero-order chi connectivity index (χ0) is 8.10. The average molecular weight is 167 g/mol. The zero-order valence-electron chi connectivity index (χ0n) is 6.55. The highest BCUT2D eigenvalue weighted by Gasteiger charge is 1.91. The van der Waals surface area contributed by atoms with Crippen molar-refractivity contribution in [1.82, 2.24) is 0 Å². The van der Waals surface area contributed by atoms with Crippen molar-refractivity contribution in [1.29, 1.82) is 0 Å². The Kier molecular flexibility index (Phi) is 3.18. The fourth-order valence-corrected chi connectivity index (χ4v) is 1.10. The lowest BCUT2D eigenvalue weighted by Crippen LogP contribution is -1.84. The normalized spacial score (nSPS) is 10.7. The van der Waals surface area contributed by atoms with E-state index in [-0.39, 0.29) is 0 Å². The van der Waals surface area contributed by atoms with E-state index in [0.717, 1.165) is 6.42 Å². The van der Waals surface area contributed by atoms with Crippen LogP contribution in [-0.4, -0.2) is 0 Å². The highest BCUT2D eigenvalue weighted by Crippen LogP contribution is 2.07. The summed E-state index contributed by atoms with van der Waals surface area (Å²) < 4.78 is 0. The van der Waals surface area contributed by atoms with Crippen molar-refractivity contribution in [2.45, 2.75) is 13.3 Å². The topological polar surface area (TPSA) is 0 Å². The van der Waals surface area contributed by atoms with Crippen molar-refractivity contribution >= 4 is 11.6 Å².